The highest BCUT2D eigenvalue weighted by Gasteiger charge is 2.41. The monoisotopic (exact) mass is 350 g/mol. The zero-order valence-electron chi connectivity index (χ0n) is 15.0. The molecule has 2 aliphatic heterocycles. The van der Waals surface area contributed by atoms with Crippen LogP contribution in [0.4, 0.5) is 4.79 Å². The molecule has 1 amide bonds. The van der Waals surface area contributed by atoms with Crippen molar-refractivity contribution in [1.82, 2.24) is 10.2 Å². The number of fused-ring (bicyclic) bond motifs is 2. The average Bonchev–Trinajstić information content (AvgIpc) is 2.90. The summed E-state index contributed by atoms with van der Waals surface area (Å²) in [6, 6.07) is 21.8. The third-order valence-corrected chi connectivity index (χ3v) is 5.63. The number of alkyl carbamates (subject to hydrolysis) is 1. The number of hydrogen-bond donors (Lipinski definition) is 1. The van der Waals surface area contributed by atoms with Crippen molar-refractivity contribution in [3.8, 4) is 0 Å². The van der Waals surface area contributed by atoms with E-state index in [1.807, 2.05) is 30.3 Å². The predicted octanol–water partition coefficient (Wildman–Crippen LogP) is 4.11. The second kappa shape index (κ2) is 7.92. The fourth-order valence-corrected chi connectivity index (χ4v) is 4.38. The molecular weight excluding hydrogens is 324 g/mol. The first-order chi connectivity index (χ1) is 12.8. The molecule has 2 bridgehead atoms. The molecule has 4 heteroatoms. The van der Waals surface area contributed by atoms with Crippen LogP contribution in [0.15, 0.2) is 60.7 Å². The number of benzene rings is 2. The number of carbonyl (C=O) groups is 1. The Kier molecular flexibility index (Phi) is 5.21. The van der Waals surface area contributed by atoms with Gasteiger partial charge in [0.25, 0.3) is 0 Å². The molecule has 2 fully saturated rings. The molecule has 2 aromatic carbocycles. The molecular formula is C22H26N2O2. The van der Waals surface area contributed by atoms with Gasteiger partial charge >= 0.3 is 6.09 Å². The lowest BCUT2D eigenvalue weighted by Crippen LogP contribution is -2.50. The van der Waals surface area contributed by atoms with Crippen LogP contribution in [0, 0.1) is 0 Å². The summed E-state index contributed by atoms with van der Waals surface area (Å²) < 4.78 is 5.38. The van der Waals surface area contributed by atoms with Crippen LogP contribution >= 0.6 is 0 Å². The van der Waals surface area contributed by atoms with Crippen LogP contribution in [-0.4, -0.2) is 29.1 Å². The second-order valence-corrected chi connectivity index (χ2v) is 7.42. The Morgan fingerprint density at radius 3 is 2.12 bits per heavy atom. The maximum absolute atomic E-state index is 12.1. The molecule has 0 aliphatic carbocycles. The first-order valence-electron chi connectivity index (χ1n) is 9.55. The van der Waals surface area contributed by atoms with Gasteiger partial charge in [0.15, 0.2) is 0 Å². The summed E-state index contributed by atoms with van der Waals surface area (Å²) in [7, 11) is 0. The van der Waals surface area contributed by atoms with Gasteiger partial charge < -0.3 is 10.1 Å². The van der Waals surface area contributed by atoms with Crippen LogP contribution in [0.1, 0.15) is 36.8 Å². The zero-order valence-corrected chi connectivity index (χ0v) is 15.0. The van der Waals surface area contributed by atoms with Gasteiger partial charge in [-0.15, -0.1) is 0 Å². The number of ether oxygens (including phenoxy) is 1. The lowest BCUT2D eigenvalue weighted by atomic mass is 9.96. The Bertz CT molecular complexity index is 705. The summed E-state index contributed by atoms with van der Waals surface area (Å²) in [4.78, 5) is 14.8. The second-order valence-electron chi connectivity index (χ2n) is 7.42. The van der Waals surface area contributed by atoms with E-state index in [2.05, 4.69) is 40.5 Å². The van der Waals surface area contributed by atoms with Gasteiger partial charge in [-0.1, -0.05) is 60.7 Å². The van der Waals surface area contributed by atoms with Crippen molar-refractivity contribution in [3.05, 3.63) is 71.8 Å². The molecule has 0 aromatic heterocycles. The number of carbonyl (C=O) groups excluding carboxylic acids is 1. The molecule has 2 saturated heterocycles. The summed E-state index contributed by atoms with van der Waals surface area (Å²) in [5.41, 5.74) is 2.39. The number of amides is 1. The van der Waals surface area contributed by atoms with Crippen LogP contribution in [-0.2, 0) is 17.9 Å². The van der Waals surface area contributed by atoms with Crippen LogP contribution in [0.25, 0.3) is 0 Å². The summed E-state index contributed by atoms with van der Waals surface area (Å²) >= 11 is 0. The van der Waals surface area contributed by atoms with Crippen LogP contribution in [0.3, 0.4) is 0 Å². The number of hydrogen-bond acceptors (Lipinski definition) is 3. The lowest BCUT2D eigenvalue weighted by Gasteiger charge is -2.39. The molecule has 0 spiro atoms. The topological polar surface area (TPSA) is 41.6 Å². The van der Waals surface area contributed by atoms with Gasteiger partial charge in [0, 0.05) is 24.7 Å². The average molecular weight is 350 g/mol. The molecule has 0 saturated carbocycles. The number of rotatable bonds is 5. The number of nitrogens with one attached hydrogen (secondary N) is 1. The normalized spacial score (nSPS) is 25.0. The van der Waals surface area contributed by atoms with Gasteiger partial charge in [-0.25, -0.2) is 4.79 Å². The molecule has 0 radical (unpaired) electrons. The first kappa shape index (κ1) is 17.1. The molecule has 4 nitrogen and oxygen atoms in total. The van der Waals surface area contributed by atoms with Crippen molar-refractivity contribution in [2.75, 3.05) is 0 Å². The van der Waals surface area contributed by atoms with Gasteiger partial charge in [-0.05, 0) is 36.8 Å². The number of piperidine rings is 1. The minimum absolute atomic E-state index is 0.225. The van der Waals surface area contributed by atoms with Gasteiger partial charge in [-0.2, -0.15) is 0 Å². The van der Waals surface area contributed by atoms with E-state index in [0.717, 1.165) is 24.9 Å². The number of nitrogens with zero attached hydrogens (tertiary/aromatic N) is 1. The highest BCUT2D eigenvalue weighted by molar-refractivity contribution is 5.67. The van der Waals surface area contributed by atoms with Crippen molar-refractivity contribution in [2.24, 2.45) is 0 Å². The maximum Gasteiger partial charge on any atom is 0.407 e. The van der Waals surface area contributed by atoms with Crippen LogP contribution in [0.2, 0.25) is 0 Å². The molecule has 2 heterocycles. The van der Waals surface area contributed by atoms with E-state index in [0.29, 0.717) is 18.7 Å². The van der Waals surface area contributed by atoms with E-state index in [1.165, 1.54) is 18.4 Å². The molecule has 26 heavy (non-hydrogen) atoms. The Labute approximate surface area is 155 Å². The van der Waals surface area contributed by atoms with E-state index >= 15 is 0 Å². The fourth-order valence-electron chi connectivity index (χ4n) is 4.38. The third-order valence-electron chi connectivity index (χ3n) is 5.63. The van der Waals surface area contributed by atoms with E-state index in [9.17, 15) is 4.79 Å². The smallest absolute Gasteiger partial charge is 0.407 e. The summed E-state index contributed by atoms with van der Waals surface area (Å²) in [5, 5.41) is 3.09. The van der Waals surface area contributed by atoms with Crippen molar-refractivity contribution < 1.29 is 9.53 Å². The summed E-state index contributed by atoms with van der Waals surface area (Å²) in [6.07, 6.45) is 4.20. The highest BCUT2D eigenvalue weighted by atomic mass is 16.5. The lowest BCUT2D eigenvalue weighted by molar-refractivity contribution is 0.0958. The molecule has 2 aliphatic rings. The summed E-state index contributed by atoms with van der Waals surface area (Å²) in [6.45, 7) is 1.34. The van der Waals surface area contributed by atoms with Gasteiger partial charge in [0.05, 0.1) is 0 Å². The largest absolute Gasteiger partial charge is 0.445 e. The summed E-state index contributed by atoms with van der Waals surface area (Å²) in [5.74, 6) is 0. The standard InChI is InChI=1S/C22H26N2O2/c25-22(26-16-18-9-5-2-6-10-18)23-19-13-20-11-12-21(14-19)24(20)15-17-7-3-1-4-8-17/h1-10,19-21H,11-16H2,(H,23,25). The Hall–Kier alpha value is -2.33. The van der Waals surface area contributed by atoms with Crippen molar-refractivity contribution in [3.63, 3.8) is 0 Å². The van der Waals surface area contributed by atoms with Gasteiger partial charge in [0.1, 0.15) is 6.61 Å². The van der Waals surface area contributed by atoms with Crippen LogP contribution < -0.4 is 5.32 Å². The van der Waals surface area contributed by atoms with Gasteiger partial charge in [-0.3, -0.25) is 4.90 Å². The van der Waals surface area contributed by atoms with Crippen molar-refractivity contribution in [2.45, 2.75) is 57.0 Å². The minimum Gasteiger partial charge on any atom is -0.445 e. The minimum atomic E-state index is -0.297. The SMILES string of the molecule is O=C(NC1CC2CCC(C1)N2Cc1ccccc1)OCc1ccccc1. The van der Waals surface area contributed by atoms with Crippen LogP contribution in [0.5, 0.6) is 0 Å². The Morgan fingerprint density at radius 1 is 0.923 bits per heavy atom. The predicted molar refractivity (Wildman–Crippen MR) is 102 cm³/mol. The fraction of sp³-hybridized carbons (Fsp3) is 0.409. The first-order valence-corrected chi connectivity index (χ1v) is 9.55. The molecule has 1 N–H and O–H groups in total. The zero-order chi connectivity index (χ0) is 17.8. The van der Waals surface area contributed by atoms with Crippen molar-refractivity contribution >= 4 is 6.09 Å². The van der Waals surface area contributed by atoms with E-state index < -0.39 is 0 Å². The molecule has 4 rings (SSSR count). The Balaban J connectivity index is 1.28. The molecule has 2 atom stereocenters. The quantitative estimate of drug-likeness (QED) is 0.882. The van der Waals surface area contributed by atoms with E-state index in [4.69, 9.17) is 4.74 Å². The third kappa shape index (κ3) is 4.07. The molecule has 2 unspecified atom stereocenters. The maximum atomic E-state index is 12.1. The van der Waals surface area contributed by atoms with E-state index in [1.54, 1.807) is 0 Å². The highest BCUT2D eigenvalue weighted by Crippen LogP contribution is 2.36. The van der Waals surface area contributed by atoms with Crippen molar-refractivity contribution in [1.29, 1.82) is 0 Å². The molecule has 2 aromatic rings. The van der Waals surface area contributed by atoms with E-state index in [-0.39, 0.29) is 12.1 Å². The Morgan fingerprint density at radius 2 is 1.50 bits per heavy atom. The molecule has 136 valence electrons. The van der Waals surface area contributed by atoms with Gasteiger partial charge in [0.2, 0.25) is 0 Å².